The van der Waals surface area contributed by atoms with Crippen LogP contribution in [0, 0.1) is 0 Å². The number of aromatic nitrogens is 4. The molecule has 0 spiro atoms. The van der Waals surface area contributed by atoms with Gasteiger partial charge in [-0.25, -0.2) is 19.9 Å². The molecule has 10 heteroatoms. The van der Waals surface area contributed by atoms with Crippen molar-refractivity contribution in [2.75, 3.05) is 23.7 Å². The number of nitrogens with zero attached hydrogens (tertiary/aromatic N) is 4. The Kier molecular flexibility index (Phi) is 7.87. The molecule has 0 aliphatic carbocycles. The Bertz CT molecular complexity index is 897. The molecule has 0 amide bonds. The van der Waals surface area contributed by atoms with Crippen molar-refractivity contribution >= 4 is 49.6 Å². The molecule has 7 nitrogen and oxygen atoms in total. The zero-order valence-corrected chi connectivity index (χ0v) is 18.9. The summed E-state index contributed by atoms with van der Waals surface area (Å²) < 4.78 is 16.4. The van der Waals surface area contributed by atoms with Crippen molar-refractivity contribution in [2.24, 2.45) is 0 Å². The monoisotopic (exact) mass is 525 g/mol. The van der Waals surface area contributed by atoms with Crippen LogP contribution in [0.25, 0.3) is 11.1 Å². The molecule has 146 valence electrons. The Hall–Kier alpha value is -1.91. The van der Waals surface area contributed by atoms with E-state index in [0.717, 1.165) is 25.8 Å². The van der Waals surface area contributed by atoms with Crippen LogP contribution in [-0.4, -0.2) is 38.9 Å². The van der Waals surface area contributed by atoms with Crippen molar-refractivity contribution in [3.8, 4) is 23.0 Å². The fourth-order valence-electron chi connectivity index (χ4n) is 2.22. The van der Waals surface area contributed by atoms with Gasteiger partial charge in [-0.1, -0.05) is 46.9 Å². The minimum Gasteiger partial charge on any atom is -0.473 e. The summed E-state index contributed by atoms with van der Waals surface area (Å²) in [5, 5.41) is 0. The smallest absolute Gasteiger partial charge is 0.316 e. The van der Waals surface area contributed by atoms with Crippen molar-refractivity contribution in [2.45, 2.75) is 6.92 Å². The van der Waals surface area contributed by atoms with Gasteiger partial charge in [0.2, 0.25) is 5.88 Å². The summed E-state index contributed by atoms with van der Waals surface area (Å²) in [7, 11) is 0. The van der Waals surface area contributed by atoms with Crippen molar-refractivity contribution < 1.29 is 9.47 Å². The number of benzene rings is 1. The maximum absolute atomic E-state index is 5.89. The number of hydrogen-bond donors (Lipinski definition) is 1. The van der Waals surface area contributed by atoms with Gasteiger partial charge in [-0.2, -0.15) is 0 Å². The third-order valence-electron chi connectivity index (χ3n) is 3.41. The van der Waals surface area contributed by atoms with Gasteiger partial charge in [0, 0.05) is 22.6 Å². The Morgan fingerprint density at radius 2 is 1.64 bits per heavy atom. The molecule has 3 aromatic rings. The zero-order chi connectivity index (χ0) is 19.8. The molecule has 0 saturated heterocycles. The van der Waals surface area contributed by atoms with E-state index in [1.165, 1.54) is 6.33 Å². The van der Waals surface area contributed by atoms with E-state index >= 15 is 0 Å². The highest BCUT2D eigenvalue weighted by atomic mass is 79.9. The van der Waals surface area contributed by atoms with Crippen LogP contribution < -0.4 is 14.2 Å². The molecule has 0 atom stereocenters. The largest absolute Gasteiger partial charge is 0.473 e. The second-order valence-corrected chi connectivity index (χ2v) is 8.23. The molecule has 0 saturated carbocycles. The van der Waals surface area contributed by atoms with Gasteiger partial charge in [-0.05, 0) is 33.6 Å². The summed E-state index contributed by atoms with van der Waals surface area (Å²) in [6.45, 7) is 2.65. The lowest BCUT2D eigenvalue weighted by Crippen LogP contribution is -2.12. The van der Waals surface area contributed by atoms with E-state index < -0.39 is 0 Å². The predicted octanol–water partition coefficient (Wildman–Crippen LogP) is 5.00. The van der Waals surface area contributed by atoms with Gasteiger partial charge in [0.25, 0.3) is 0 Å². The van der Waals surface area contributed by atoms with Gasteiger partial charge in [0.05, 0.1) is 10.0 Å². The third kappa shape index (κ3) is 5.79. The van der Waals surface area contributed by atoms with Gasteiger partial charge in [-0.3, -0.25) is 0 Å². The topological polar surface area (TPSA) is 82.1 Å². The van der Waals surface area contributed by atoms with Crippen LogP contribution in [0.15, 0.2) is 51.9 Å². The first-order valence-electron chi connectivity index (χ1n) is 8.39. The van der Waals surface area contributed by atoms with Crippen LogP contribution >= 0.6 is 43.8 Å². The molecule has 0 radical (unpaired) electrons. The van der Waals surface area contributed by atoms with Gasteiger partial charge >= 0.3 is 6.01 Å². The number of hydrogen-bond acceptors (Lipinski definition) is 8. The molecule has 2 heterocycles. The molecule has 0 unspecified atom stereocenters. The maximum Gasteiger partial charge on any atom is 0.316 e. The normalized spacial score (nSPS) is 10.5. The lowest BCUT2D eigenvalue weighted by atomic mass is 10.1. The summed E-state index contributed by atoms with van der Waals surface area (Å²) >= 11 is 8.31. The lowest BCUT2D eigenvalue weighted by Gasteiger charge is -2.14. The Balaban J connectivity index is 1.73. The molecule has 0 bridgehead atoms. The number of rotatable bonds is 9. The standard InChI is InChI=1S/C18H17Br2N5O2S/c1-2-28-25-16-15(12-3-5-13(19)6-4-12)17(24-11-23-16)26-7-8-27-18-21-9-14(20)10-22-18/h3-6,9-11H,2,7-8H2,1H3,(H,23,24,25). The van der Waals surface area contributed by atoms with Gasteiger partial charge < -0.3 is 14.2 Å². The molecule has 0 aliphatic rings. The molecular formula is C18H17Br2N5O2S. The van der Waals surface area contributed by atoms with Gasteiger partial charge in [-0.15, -0.1) is 0 Å². The molecule has 3 rings (SSSR count). The van der Waals surface area contributed by atoms with Crippen molar-refractivity contribution in [3.05, 3.63) is 51.9 Å². The Morgan fingerprint density at radius 3 is 2.36 bits per heavy atom. The molecule has 0 fully saturated rings. The lowest BCUT2D eigenvalue weighted by molar-refractivity contribution is 0.202. The van der Waals surface area contributed by atoms with Crippen LogP contribution in [0.1, 0.15) is 6.92 Å². The first-order chi connectivity index (χ1) is 13.7. The van der Waals surface area contributed by atoms with E-state index in [2.05, 4.69) is 63.4 Å². The summed E-state index contributed by atoms with van der Waals surface area (Å²) in [6, 6.07) is 8.21. The average molecular weight is 527 g/mol. The minimum absolute atomic E-state index is 0.290. The average Bonchev–Trinajstić information content (AvgIpc) is 2.72. The van der Waals surface area contributed by atoms with Crippen molar-refractivity contribution in [1.29, 1.82) is 0 Å². The molecular weight excluding hydrogens is 510 g/mol. The van der Waals surface area contributed by atoms with Crippen LogP contribution in [0.2, 0.25) is 0 Å². The van der Waals surface area contributed by atoms with Crippen LogP contribution in [-0.2, 0) is 0 Å². The highest BCUT2D eigenvalue weighted by Crippen LogP contribution is 2.35. The maximum atomic E-state index is 5.89. The van der Waals surface area contributed by atoms with Crippen molar-refractivity contribution in [3.63, 3.8) is 0 Å². The van der Waals surface area contributed by atoms with Gasteiger partial charge in [0.15, 0.2) is 5.82 Å². The van der Waals surface area contributed by atoms with E-state index in [-0.39, 0.29) is 6.61 Å². The van der Waals surface area contributed by atoms with Crippen LogP contribution in [0.3, 0.4) is 0 Å². The van der Waals surface area contributed by atoms with E-state index in [0.29, 0.717) is 24.3 Å². The third-order valence-corrected chi connectivity index (χ3v) is 4.97. The Morgan fingerprint density at radius 1 is 0.929 bits per heavy atom. The highest BCUT2D eigenvalue weighted by Gasteiger charge is 2.15. The molecule has 2 aromatic heterocycles. The molecule has 0 aliphatic heterocycles. The fourth-order valence-corrected chi connectivity index (χ4v) is 3.12. The Labute approximate surface area is 184 Å². The second kappa shape index (κ2) is 10.6. The van der Waals surface area contributed by atoms with E-state index in [4.69, 9.17) is 9.47 Å². The summed E-state index contributed by atoms with van der Waals surface area (Å²) in [5.74, 6) is 2.09. The second-order valence-electron chi connectivity index (χ2n) is 5.33. The first-order valence-corrected chi connectivity index (χ1v) is 11.0. The van der Waals surface area contributed by atoms with Crippen molar-refractivity contribution in [1.82, 2.24) is 19.9 Å². The van der Waals surface area contributed by atoms with Crippen LogP contribution in [0.4, 0.5) is 5.82 Å². The number of anilines is 1. The fraction of sp³-hybridized carbons (Fsp3) is 0.222. The zero-order valence-electron chi connectivity index (χ0n) is 14.9. The number of ether oxygens (including phenoxy) is 2. The highest BCUT2D eigenvalue weighted by molar-refractivity contribution is 9.10. The quantitative estimate of drug-likeness (QED) is 0.308. The summed E-state index contributed by atoms with van der Waals surface area (Å²) in [5.41, 5.74) is 1.76. The van der Waals surface area contributed by atoms with E-state index in [1.807, 2.05) is 24.3 Å². The number of nitrogens with one attached hydrogen (secondary N) is 1. The van der Waals surface area contributed by atoms with E-state index in [9.17, 15) is 0 Å². The van der Waals surface area contributed by atoms with E-state index in [1.54, 1.807) is 24.3 Å². The number of halogens is 2. The first kappa shape index (κ1) is 20.8. The molecule has 1 aromatic carbocycles. The summed E-state index contributed by atoms with van der Waals surface area (Å²) in [4.78, 5) is 16.8. The minimum atomic E-state index is 0.290. The summed E-state index contributed by atoms with van der Waals surface area (Å²) in [6.07, 6.45) is 4.74. The molecule has 28 heavy (non-hydrogen) atoms. The SMILES string of the molecule is CCSNc1ncnc(OCCOc2ncc(Br)cn2)c1-c1ccc(Br)cc1. The van der Waals surface area contributed by atoms with Gasteiger partial charge in [0.1, 0.15) is 19.5 Å². The predicted molar refractivity (Wildman–Crippen MR) is 118 cm³/mol. The van der Waals surface area contributed by atoms with Crippen LogP contribution in [0.5, 0.6) is 11.9 Å². The molecule has 1 N–H and O–H groups in total.